The fourth-order valence-electron chi connectivity index (χ4n) is 3.19. The number of nitrogens with one attached hydrogen (secondary N) is 1. The highest BCUT2D eigenvalue weighted by Crippen LogP contribution is 2.30. The fourth-order valence-corrected chi connectivity index (χ4v) is 4.10. The number of rotatable bonds is 6. The van der Waals surface area contributed by atoms with Crippen LogP contribution in [0.5, 0.6) is 0 Å². The molecule has 0 saturated heterocycles. The van der Waals surface area contributed by atoms with Crippen molar-refractivity contribution in [1.82, 2.24) is 10.3 Å². The van der Waals surface area contributed by atoms with Crippen molar-refractivity contribution >= 4 is 17.2 Å². The summed E-state index contributed by atoms with van der Waals surface area (Å²) in [5.41, 5.74) is 0.978. The Morgan fingerprint density at radius 1 is 1.41 bits per heavy atom. The SMILES string of the molecule is CCCCC1CCCC1NC(=O)Cc1csc(C(C)(C)C)n1. The second-order valence-electron chi connectivity index (χ2n) is 7.58. The summed E-state index contributed by atoms with van der Waals surface area (Å²) >= 11 is 1.66. The molecule has 2 rings (SSSR count). The molecular formula is C18H30N2OS. The zero-order chi connectivity index (χ0) is 16.2. The van der Waals surface area contributed by atoms with E-state index in [1.165, 1.54) is 32.1 Å². The standard InChI is InChI=1S/C18H30N2OS/c1-5-6-8-13-9-7-10-15(13)20-16(21)11-14-12-22-17(19-14)18(2,3)4/h12-13,15H,5-11H2,1-4H3,(H,20,21). The van der Waals surface area contributed by atoms with Crippen LogP contribution < -0.4 is 5.32 Å². The Bertz CT molecular complexity index is 490. The van der Waals surface area contributed by atoms with Gasteiger partial charge in [-0.15, -0.1) is 11.3 Å². The number of aromatic nitrogens is 1. The maximum absolute atomic E-state index is 12.3. The highest BCUT2D eigenvalue weighted by atomic mass is 32.1. The Balaban J connectivity index is 1.86. The van der Waals surface area contributed by atoms with Crippen molar-refractivity contribution in [2.75, 3.05) is 0 Å². The van der Waals surface area contributed by atoms with Crippen molar-refractivity contribution in [3.63, 3.8) is 0 Å². The van der Waals surface area contributed by atoms with Gasteiger partial charge in [0.05, 0.1) is 17.1 Å². The molecule has 2 unspecified atom stereocenters. The van der Waals surface area contributed by atoms with Crippen molar-refractivity contribution in [3.05, 3.63) is 16.1 Å². The number of hydrogen-bond acceptors (Lipinski definition) is 3. The third kappa shape index (κ3) is 4.80. The molecule has 2 atom stereocenters. The first-order valence-electron chi connectivity index (χ1n) is 8.64. The number of nitrogens with zero attached hydrogens (tertiary/aromatic N) is 1. The molecule has 1 N–H and O–H groups in total. The van der Waals surface area contributed by atoms with Gasteiger partial charge in [0.25, 0.3) is 0 Å². The maximum atomic E-state index is 12.3. The van der Waals surface area contributed by atoms with Crippen molar-refractivity contribution in [3.8, 4) is 0 Å². The van der Waals surface area contributed by atoms with Gasteiger partial charge in [0, 0.05) is 16.8 Å². The number of carbonyl (C=O) groups is 1. The minimum absolute atomic E-state index is 0.0656. The molecule has 0 aliphatic heterocycles. The van der Waals surface area contributed by atoms with Crippen LogP contribution in [-0.4, -0.2) is 16.9 Å². The summed E-state index contributed by atoms with van der Waals surface area (Å²) in [7, 11) is 0. The Morgan fingerprint density at radius 2 is 2.18 bits per heavy atom. The van der Waals surface area contributed by atoms with Gasteiger partial charge in [0.2, 0.25) is 5.91 Å². The molecule has 1 saturated carbocycles. The van der Waals surface area contributed by atoms with Crippen LogP contribution in [-0.2, 0) is 16.6 Å². The first-order valence-corrected chi connectivity index (χ1v) is 9.52. The fraction of sp³-hybridized carbons (Fsp3) is 0.778. The lowest BCUT2D eigenvalue weighted by Gasteiger charge is -2.20. The van der Waals surface area contributed by atoms with E-state index >= 15 is 0 Å². The molecule has 1 aliphatic carbocycles. The van der Waals surface area contributed by atoms with E-state index in [0.717, 1.165) is 17.1 Å². The molecule has 3 nitrogen and oxygen atoms in total. The molecule has 1 amide bonds. The molecule has 1 fully saturated rings. The minimum atomic E-state index is 0.0656. The van der Waals surface area contributed by atoms with Gasteiger partial charge in [-0.05, 0) is 25.2 Å². The smallest absolute Gasteiger partial charge is 0.226 e. The number of amides is 1. The third-order valence-corrected chi connectivity index (χ3v) is 5.79. The molecule has 1 aromatic rings. The number of carbonyl (C=O) groups excluding carboxylic acids is 1. The zero-order valence-corrected chi connectivity index (χ0v) is 15.3. The lowest BCUT2D eigenvalue weighted by atomic mass is 9.96. The second kappa shape index (κ2) is 7.58. The molecule has 1 aromatic heterocycles. The second-order valence-corrected chi connectivity index (χ2v) is 8.44. The Morgan fingerprint density at radius 3 is 2.82 bits per heavy atom. The zero-order valence-electron chi connectivity index (χ0n) is 14.4. The van der Waals surface area contributed by atoms with Crippen molar-refractivity contribution in [2.45, 2.75) is 84.1 Å². The summed E-state index contributed by atoms with van der Waals surface area (Å²) in [5.74, 6) is 0.823. The van der Waals surface area contributed by atoms with Crippen molar-refractivity contribution < 1.29 is 4.79 Å². The Labute approximate surface area is 138 Å². The van der Waals surface area contributed by atoms with Gasteiger partial charge < -0.3 is 5.32 Å². The van der Waals surface area contributed by atoms with Gasteiger partial charge in [-0.2, -0.15) is 0 Å². The molecule has 22 heavy (non-hydrogen) atoms. The van der Waals surface area contributed by atoms with E-state index in [2.05, 4.69) is 38.0 Å². The van der Waals surface area contributed by atoms with E-state index in [1.807, 2.05) is 5.38 Å². The molecule has 0 spiro atoms. The monoisotopic (exact) mass is 322 g/mol. The van der Waals surface area contributed by atoms with Crippen LogP contribution in [0.2, 0.25) is 0 Å². The van der Waals surface area contributed by atoms with E-state index < -0.39 is 0 Å². The van der Waals surface area contributed by atoms with Crippen molar-refractivity contribution in [2.24, 2.45) is 5.92 Å². The van der Waals surface area contributed by atoms with Gasteiger partial charge in [-0.3, -0.25) is 4.79 Å². The Hall–Kier alpha value is -0.900. The molecule has 0 aromatic carbocycles. The number of hydrogen-bond donors (Lipinski definition) is 1. The van der Waals surface area contributed by atoms with Gasteiger partial charge in [0.1, 0.15) is 0 Å². The molecule has 0 bridgehead atoms. The van der Waals surface area contributed by atoms with Gasteiger partial charge in [0.15, 0.2) is 0 Å². The summed E-state index contributed by atoms with van der Waals surface area (Å²) in [6, 6.07) is 0.389. The average Bonchev–Trinajstić information content (AvgIpc) is 3.05. The predicted molar refractivity (Wildman–Crippen MR) is 93.3 cm³/mol. The van der Waals surface area contributed by atoms with Gasteiger partial charge >= 0.3 is 0 Å². The lowest BCUT2D eigenvalue weighted by molar-refractivity contribution is -0.121. The van der Waals surface area contributed by atoms with Crippen LogP contribution in [0.4, 0.5) is 0 Å². The normalized spacial score (nSPS) is 22.0. The van der Waals surface area contributed by atoms with E-state index in [1.54, 1.807) is 11.3 Å². The summed E-state index contributed by atoms with van der Waals surface area (Å²) in [5, 5.41) is 6.40. The minimum Gasteiger partial charge on any atom is -0.353 e. The van der Waals surface area contributed by atoms with Gasteiger partial charge in [-0.1, -0.05) is 47.0 Å². The summed E-state index contributed by atoms with van der Waals surface area (Å²) in [6.07, 6.45) is 7.87. The topological polar surface area (TPSA) is 42.0 Å². The predicted octanol–water partition coefficient (Wildman–Crippen LogP) is 4.46. The highest BCUT2D eigenvalue weighted by molar-refractivity contribution is 7.09. The molecule has 1 aliphatic rings. The first kappa shape index (κ1) is 17.5. The van der Waals surface area contributed by atoms with E-state index in [9.17, 15) is 4.79 Å². The molecule has 0 radical (unpaired) electrons. The first-order chi connectivity index (χ1) is 10.4. The third-order valence-electron chi connectivity index (χ3n) is 4.47. The van der Waals surface area contributed by atoms with Crippen LogP contribution in [0.25, 0.3) is 0 Å². The number of unbranched alkanes of at least 4 members (excludes halogenated alkanes) is 1. The molecular weight excluding hydrogens is 292 g/mol. The Kier molecular flexibility index (Phi) is 6.01. The van der Waals surface area contributed by atoms with Crippen molar-refractivity contribution in [1.29, 1.82) is 0 Å². The highest BCUT2D eigenvalue weighted by Gasteiger charge is 2.28. The maximum Gasteiger partial charge on any atom is 0.226 e. The van der Waals surface area contributed by atoms with Crippen LogP contribution in [0.15, 0.2) is 5.38 Å². The summed E-state index contributed by atoms with van der Waals surface area (Å²) < 4.78 is 0. The van der Waals surface area contributed by atoms with Gasteiger partial charge in [-0.25, -0.2) is 4.98 Å². The number of thiazole rings is 1. The van der Waals surface area contributed by atoms with Crippen LogP contribution in [0, 0.1) is 5.92 Å². The molecule has 1 heterocycles. The van der Waals surface area contributed by atoms with E-state index in [-0.39, 0.29) is 11.3 Å². The molecule has 4 heteroatoms. The largest absolute Gasteiger partial charge is 0.353 e. The average molecular weight is 323 g/mol. The summed E-state index contributed by atoms with van der Waals surface area (Å²) in [4.78, 5) is 16.9. The molecule has 124 valence electrons. The lowest BCUT2D eigenvalue weighted by Crippen LogP contribution is -2.38. The van der Waals surface area contributed by atoms with E-state index in [4.69, 9.17) is 0 Å². The van der Waals surface area contributed by atoms with Crippen LogP contribution >= 0.6 is 11.3 Å². The van der Waals surface area contributed by atoms with E-state index in [0.29, 0.717) is 18.4 Å². The summed E-state index contributed by atoms with van der Waals surface area (Å²) in [6.45, 7) is 8.71. The quantitative estimate of drug-likeness (QED) is 0.840. The van der Waals surface area contributed by atoms with Crippen LogP contribution in [0.3, 0.4) is 0 Å². The van der Waals surface area contributed by atoms with Crippen LogP contribution in [0.1, 0.15) is 76.9 Å².